The van der Waals surface area contributed by atoms with Crippen LogP contribution in [-0.4, -0.2) is 29.6 Å². The lowest BCUT2D eigenvalue weighted by molar-refractivity contribution is -0.140. The molecule has 1 aromatic rings. The molecule has 6 heteroatoms. The average Bonchev–Trinajstić information content (AvgIpc) is 2.44. The number of halogens is 2. The smallest absolute Gasteiger partial charge is 0.341 e. The van der Waals surface area contributed by atoms with Gasteiger partial charge in [0.2, 0.25) is 0 Å². The molecular weight excluding hydrogens is 395 g/mol. The van der Waals surface area contributed by atoms with Crippen LogP contribution in [0.2, 0.25) is 5.02 Å². The molecular formula is C14H14ClIO4. The highest BCUT2D eigenvalue weighted by atomic mass is 127. The summed E-state index contributed by atoms with van der Waals surface area (Å²) >= 11 is 7.99. The molecule has 0 atom stereocenters. The molecule has 0 aliphatic heterocycles. The summed E-state index contributed by atoms with van der Waals surface area (Å²) < 4.78 is 10.3. The molecule has 0 amide bonds. The van der Waals surface area contributed by atoms with E-state index in [1.807, 2.05) is 22.6 Å². The van der Waals surface area contributed by atoms with E-state index >= 15 is 0 Å². The van der Waals surface area contributed by atoms with Crippen LogP contribution in [0.15, 0.2) is 29.8 Å². The number of rotatable bonds is 7. The Morgan fingerprint density at radius 1 is 1.35 bits per heavy atom. The predicted molar refractivity (Wildman–Crippen MR) is 85.9 cm³/mol. The summed E-state index contributed by atoms with van der Waals surface area (Å²) in [5, 5.41) is 0.455. The summed E-state index contributed by atoms with van der Waals surface area (Å²) in [6, 6.07) is 6.94. The number of ether oxygens (including phenoxy) is 2. The van der Waals surface area contributed by atoms with Crippen molar-refractivity contribution in [2.45, 2.75) is 6.92 Å². The molecule has 0 saturated carbocycles. The molecule has 1 rings (SSSR count). The molecule has 0 heterocycles. The van der Waals surface area contributed by atoms with E-state index < -0.39 is 11.8 Å². The first-order valence-corrected chi connectivity index (χ1v) is 7.80. The molecule has 0 radical (unpaired) electrons. The summed E-state index contributed by atoms with van der Waals surface area (Å²) in [6.07, 6.45) is 1.43. The second kappa shape index (κ2) is 9.10. The summed E-state index contributed by atoms with van der Waals surface area (Å²) in [5.41, 5.74) is 0.518. The Morgan fingerprint density at radius 2 is 2.05 bits per heavy atom. The summed E-state index contributed by atoms with van der Waals surface area (Å²) in [4.78, 5) is 23.8. The maximum atomic E-state index is 12.0. The number of esters is 1. The number of Topliss-reactive ketones (excluding diaryl/α,β-unsaturated/α-hetero) is 1. The third-order valence-electron chi connectivity index (χ3n) is 2.31. The van der Waals surface area contributed by atoms with Gasteiger partial charge < -0.3 is 9.47 Å². The fourth-order valence-corrected chi connectivity index (χ4v) is 1.83. The molecule has 4 nitrogen and oxygen atoms in total. The van der Waals surface area contributed by atoms with Gasteiger partial charge in [0.25, 0.3) is 0 Å². The lowest BCUT2D eigenvalue weighted by Gasteiger charge is -2.07. The molecule has 0 aliphatic carbocycles. The van der Waals surface area contributed by atoms with E-state index in [9.17, 15) is 9.59 Å². The topological polar surface area (TPSA) is 52.6 Å². The highest BCUT2D eigenvalue weighted by Gasteiger charge is 2.20. The largest absolute Gasteiger partial charge is 0.462 e. The fourth-order valence-electron chi connectivity index (χ4n) is 1.42. The maximum Gasteiger partial charge on any atom is 0.341 e. The number of hydrogen-bond donors (Lipinski definition) is 0. The van der Waals surface area contributed by atoms with E-state index in [0.29, 0.717) is 15.2 Å². The van der Waals surface area contributed by atoms with Crippen LogP contribution in [0.1, 0.15) is 12.5 Å². The third-order valence-corrected chi connectivity index (χ3v) is 3.10. The van der Waals surface area contributed by atoms with Crippen molar-refractivity contribution in [2.24, 2.45) is 0 Å². The van der Waals surface area contributed by atoms with E-state index in [4.69, 9.17) is 21.1 Å². The fraction of sp³-hybridized carbons (Fsp3) is 0.286. The van der Waals surface area contributed by atoms with Crippen LogP contribution in [0.3, 0.4) is 0 Å². The molecule has 0 saturated heterocycles. The molecule has 0 aromatic heterocycles. The number of ketones is 1. The highest BCUT2D eigenvalue weighted by molar-refractivity contribution is 14.1. The second-order valence-electron chi connectivity index (χ2n) is 3.68. The van der Waals surface area contributed by atoms with Crippen LogP contribution in [-0.2, 0) is 19.1 Å². The first-order chi connectivity index (χ1) is 9.60. The first-order valence-electron chi connectivity index (χ1n) is 5.90. The lowest BCUT2D eigenvalue weighted by atomic mass is 10.1. The minimum atomic E-state index is -0.672. The van der Waals surface area contributed by atoms with Gasteiger partial charge in [-0.15, -0.1) is 0 Å². The summed E-state index contributed by atoms with van der Waals surface area (Å²) in [7, 11) is 0. The summed E-state index contributed by atoms with van der Waals surface area (Å²) in [5.74, 6) is -1.10. The van der Waals surface area contributed by atoms with Gasteiger partial charge in [-0.25, -0.2) is 4.79 Å². The zero-order valence-corrected chi connectivity index (χ0v) is 13.8. The van der Waals surface area contributed by atoms with E-state index in [2.05, 4.69) is 0 Å². The molecule has 0 fully saturated rings. The van der Waals surface area contributed by atoms with Crippen molar-refractivity contribution < 1.29 is 19.1 Å². The summed E-state index contributed by atoms with van der Waals surface area (Å²) in [6.45, 7) is 1.70. The zero-order chi connectivity index (χ0) is 15.0. The number of benzene rings is 1. The number of carbonyl (C=O) groups excluding carboxylic acids is 2. The number of hydrogen-bond acceptors (Lipinski definition) is 4. The Morgan fingerprint density at radius 3 is 2.65 bits per heavy atom. The maximum absolute atomic E-state index is 12.0. The minimum Gasteiger partial charge on any atom is -0.462 e. The van der Waals surface area contributed by atoms with Crippen molar-refractivity contribution >= 4 is 52.0 Å². The Hall–Kier alpha value is -0.920. The van der Waals surface area contributed by atoms with Gasteiger partial charge in [0.1, 0.15) is 12.2 Å². The van der Waals surface area contributed by atoms with Crippen LogP contribution in [0.25, 0.3) is 6.08 Å². The van der Waals surface area contributed by atoms with E-state index in [1.54, 1.807) is 31.2 Å². The molecule has 0 bridgehead atoms. The molecule has 0 spiro atoms. The molecule has 20 heavy (non-hydrogen) atoms. The normalized spacial score (nSPS) is 11.2. The third kappa shape index (κ3) is 5.22. The van der Waals surface area contributed by atoms with E-state index in [1.165, 1.54) is 6.08 Å². The van der Waals surface area contributed by atoms with Gasteiger partial charge in [0, 0.05) is 5.02 Å². The van der Waals surface area contributed by atoms with Crippen LogP contribution in [0, 0.1) is 0 Å². The van der Waals surface area contributed by atoms with Crippen molar-refractivity contribution in [1.29, 1.82) is 0 Å². The molecule has 1 aromatic carbocycles. The molecule has 0 aliphatic rings. The van der Waals surface area contributed by atoms with Crippen molar-refractivity contribution in [3.05, 3.63) is 40.4 Å². The van der Waals surface area contributed by atoms with Crippen LogP contribution in [0.5, 0.6) is 0 Å². The predicted octanol–water partition coefficient (Wildman–Crippen LogP) is 3.26. The average molecular weight is 409 g/mol. The Kier molecular flexibility index (Phi) is 7.79. The number of alkyl halides is 1. The Bertz CT molecular complexity index is 514. The van der Waals surface area contributed by atoms with Crippen LogP contribution < -0.4 is 0 Å². The van der Waals surface area contributed by atoms with Gasteiger partial charge in [-0.05, 0) is 24.6 Å². The van der Waals surface area contributed by atoms with E-state index in [-0.39, 0.29) is 18.8 Å². The van der Waals surface area contributed by atoms with Crippen molar-refractivity contribution in [1.82, 2.24) is 0 Å². The molecule has 0 unspecified atom stereocenters. The van der Waals surface area contributed by atoms with Crippen molar-refractivity contribution in [2.75, 3.05) is 17.8 Å². The van der Waals surface area contributed by atoms with Gasteiger partial charge in [-0.3, -0.25) is 4.79 Å². The quantitative estimate of drug-likeness (QED) is 0.174. The minimum absolute atomic E-state index is 0.0650. The van der Waals surface area contributed by atoms with Crippen molar-refractivity contribution in [3.8, 4) is 0 Å². The highest BCUT2D eigenvalue weighted by Crippen LogP contribution is 2.19. The lowest BCUT2D eigenvalue weighted by Crippen LogP contribution is -2.19. The SMILES string of the molecule is CCOC(=O)C(=Cc1ccccc1Cl)C(=O)COCI. The standard InChI is InChI=1S/C14H14ClIO4/c1-2-20-14(18)11(13(17)8-19-9-16)7-10-5-3-4-6-12(10)15/h3-7H,2,8-9H2,1H3. The van der Waals surface area contributed by atoms with Crippen LogP contribution >= 0.6 is 34.2 Å². The van der Waals surface area contributed by atoms with Gasteiger partial charge in [0.15, 0.2) is 5.78 Å². The first kappa shape index (κ1) is 17.1. The molecule has 108 valence electrons. The molecule has 0 N–H and O–H groups in total. The van der Waals surface area contributed by atoms with Crippen LogP contribution in [0.4, 0.5) is 0 Å². The van der Waals surface area contributed by atoms with Gasteiger partial charge in [-0.1, -0.05) is 52.4 Å². The van der Waals surface area contributed by atoms with E-state index in [0.717, 1.165) is 0 Å². The van der Waals surface area contributed by atoms with Gasteiger partial charge >= 0.3 is 5.97 Å². The monoisotopic (exact) mass is 408 g/mol. The zero-order valence-electron chi connectivity index (χ0n) is 10.9. The Balaban J connectivity index is 3.07. The van der Waals surface area contributed by atoms with Gasteiger partial charge in [0.05, 0.1) is 11.2 Å². The van der Waals surface area contributed by atoms with Gasteiger partial charge in [-0.2, -0.15) is 0 Å². The second-order valence-corrected chi connectivity index (χ2v) is 4.71. The number of carbonyl (C=O) groups is 2. The van der Waals surface area contributed by atoms with Crippen molar-refractivity contribution in [3.63, 3.8) is 0 Å². The Labute approximate surface area is 136 Å².